The molecule has 1 aromatic heterocycles. The molecule has 0 saturated heterocycles. The van der Waals surface area contributed by atoms with Crippen LogP contribution in [-0.4, -0.2) is 6.71 Å². The number of rotatable bonds is 5. The first kappa shape index (κ1) is 28.0. The van der Waals surface area contributed by atoms with Crippen molar-refractivity contribution in [2.75, 3.05) is 0 Å². The zero-order valence-corrected chi connectivity index (χ0v) is 27.1. The molecule has 2 aliphatic heterocycles. The van der Waals surface area contributed by atoms with Crippen molar-refractivity contribution >= 4 is 45.0 Å². The molecule has 0 radical (unpaired) electrons. The third-order valence-electron chi connectivity index (χ3n) is 10.1. The number of ether oxygens (including phenoxy) is 2. The third kappa shape index (κ3) is 4.42. The van der Waals surface area contributed by atoms with Gasteiger partial charge in [-0.15, -0.1) is 0 Å². The Morgan fingerprint density at radius 3 is 1.70 bits per heavy atom. The molecule has 0 fully saturated rings. The Labute approximate surface area is 275 Å². The quantitative estimate of drug-likeness (QED) is 0.144. The van der Waals surface area contributed by atoms with E-state index in [-0.39, 0.29) is 12.6 Å². The molecule has 0 saturated carbocycles. The molecule has 0 bridgehead atoms. The Morgan fingerprint density at radius 2 is 1.06 bits per heavy atom. The van der Waals surface area contributed by atoms with Crippen molar-refractivity contribution in [3.63, 3.8) is 0 Å². The molecule has 7 aromatic rings. The fourth-order valence-electron chi connectivity index (χ4n) is 7.62. The molecule has 4 heteroatoms. The van der Waals surface area contributed by atoms with Crippen molar-refractivity contribution < 1.29 is 13.9 Å². The van der Waals surface area contributed by atoms with Gasteiger partial charge >= 0.3 is 0 Å². The molecule has 0 spiro atoms. The van der Waals surface area contributed by atoms with Gasteiger partial charge in [-0.3, -0.25) is 0 Å². The van der Waals surface area contributed by atoms with E-state index in [0.717, 1.165) is 61.5 Å². The van der Waals surface area contributed by atoms with Crippen LogP contribution in [0.2, 0.25) is 0 Å². The standard InChI is InChI=1S/C43H35BO3/c1-25(2)28-17-19-34-37(21-28)45-39-23-30(24-40-42(39)44(34)35-20-18-29(26(3)4)22-38(35)46-40)41(27-11-6-5-7-12-27)33-15-10-14-32-31-13-8-9-16-36(31)47-43(32)33/h5-26,41H,1-4H3. The van der Waals surface area contributed by atoms with Crippen LogP contribution in [0, 0.1) is 0 Å². The van der Waals surface area contributed by atoms with Crippen LogP contribution in [0.25, 0.3) is 21.9 Å². The molecule has 3 heterocycles. The van der Waals surface area contributed by atoms with Gasteiger partial charge in [-0.05, 0) is 75.3 Å². The lowest BCUT2D eigenvalue weighted by molar-refractivity contribution is 0.462. The number of benzene rings is 6. The van der Waals surface area contributed by atoms with Crippen molar-refractivity contribution in [3.8, 4) is 23.0 Å². The van der Waals surface area contributed by atoms with Crippen LogP contribution in [0.3, 0.4) is 0 Å². The minimum atomic E-state index is -0.112. The van der Waals surface area contributed by atoms with Crippen LogP contribution in [0.1, 0.15) is 73.3 Å². The molecule has 3 nitrogen and oxygen atoms in total. The Kier molecular flexibility index (Phi) is 6.37. The minimum absolute atomic E-state index is 0.0259. The summed E-state index contributed by atoms with van der Waals surface area (Å²) >= 11 is 0. The molecule has 9 rings (SSSR count). The topological polar surface area (TPSA) is 31.6 Å². The molecule has 47 heavy (non-hydrogen) atoms. The van der Waals surface area contributed by atoms with Gasteiger partial charge in [-0.2, -0.15) is 0 Å². The fourth-order valence-corrected chi connectivity index (χ4v) is 7.62. The lowest BCUT2D eigenvalue weighted by atomic mass is 9.34. The van der Waals surface area contributed by atoms with Crippen molar-refractivity contribution in [2.24, 2.45) is 0 Å². The van der Waals surface area contributed by atoms with Gasteiger partial charge in [-0.1, -0.05) is 119 Å². The van der Waals surface area contributed by atoms with Crippen molar-refractivity contribution in [1.29, 1.82) is 0 Å². The fraction of sp³-hybridized carbons (Fsp3) is 0.163. The normalized spacial score (nSPS) is 13.7. The first-order valence-electron chi connectivity index (χ1n) is 16.7. The van der Waals surface area contributed by atoms with Gasteiger partial charge in [0.1, 0.15) is 34.2 Å². The molecule has 1 atom stereocenters. The van der Waals surface area contributed by atoms with E-state index in [2.05, 4.69) is 137 Å². The van der Waals surface area contributed by atoms with E-state index < -0.39 is 0 Å². The highest BCUT2D eigenvalue weighted by atomic mass is 16.5. The van der Waals surface area contributed by atoms with E-state index in [1.54, 1.807) is 0 Å². The summed E-state index contributed by atoms with van der Waals surface area (Å²) in [6.45, 7) is 8.95. The number of para-hydroxylation sites is 2. The maximum absolute atomic E-state index is 6.89. The van der Waals surface area contributed by atoms with E-state index in [9.17, 15) is 0 Å². The van der Waals surface area contributed by atoms with E-state index in [1.807, 2.05) is 12.1 Å². The highest BCUT2D eigenvalue weighted by Crippen LogP contribution is 2.44. The van der Waals surface area contributed by atoms with Crippen molar-refractivity contribution in [3.05, 3.63) is 149 Å². The average molecular weight is 611 g/mol. The Bertz CT molecular complexity index is 2250. The summed E-state index contributed by atoms with van der Waals surface area (Å²) < 4.78 is 20.4. The second kappa shape index (κ2) is 10.7. The highest BCUT2D eigenvalue weighted by molar-refractivity contribution is 6.98. The maximum Gasteiger partial charge on any atom is 0.260 e. The van der Waals surface area contributed by atoms with E-state index >= 15 is 0 Å². The summed E-state index contributed by atoms with van der Waals surface area (Å²) in [4.78, 5) is 0. The summed E-state index contributed by atoms with van der Waals surface area (Å²) in [5.41, 5.74) is 11.2. The summed E-state index contributed by atoms with van der Waals surface area (Å²) in [7, 11) is 0. The van der Waals surface area contributed by atoms with E-state index in [0.29, 0.717) is 11.8 Å². The summed E-state index contributed by atoms with van der Waals surface area (Å²) in [6, 6.07) is 43.5. The molecule has 228 valence electrons. The van der Waals surface area contributed by atoms with Crippen LogP contribution in [0.4, 0.5) is 0 Å². The summed E-state index contributed by atoms with van der Waals surface area (Å²) in [6.07, 6.45) is 0. The molecular weight excluding hydrogens is 575 g/mol. The van der Waals surface area contributed by atoms with Gasteiger partial charge in [0.15, 0.2) is 0 Å². The third-order valence-corrected chi connectivity index (χ3v) is 10.1. The predicted octanol–water partition coefficient (Wildman–Crippen LogP) is 9.74. The highest BCUT2D eigenvalue weighted by Gasteiger charge is 2.41. The van der Waals surface area contributed by atoms with E-state index in [4.69, 9.17) is 13.9 Å². The number of fused-ring (bicyclic) bond motifs is 7. The molecule has 1 unspecified atom stereocenters. The average Bonchev–Trinajstić information content (AvgIpc) is 3.47. The van der Waals surface area contributed by atoms with Crippen LogP contribution in [0.5, 0.6) is 23.0 Å². The lowest BCUT2D eigenvalue weighted by Gasteiger charge is -2.34. The summed E-state index contributed by atoms with van der Waals surface area (Å²) in [5, 5.41) is 2.25. The van der Waals surface area contributed by atoms with Crippen LogP contribution in [-0.2, 0) is 0 Å². The molecule has 0 N–H and O–H groups in total. The second-order valence-corrected chi connectivity index (χ2v) is 13.6. The molecule has 0 amide bonds. The largest absolute Gasteiger partial charge is 0.458 e. The van der Waals surface area contributed by atoms with Gasteiger partial charge < -0.3 is 13.9 Å². The first-order valence-corrected chi connectivity index (χ1v) is 16.7. The Balaban J connectivity index is 1.30. The second-order valence-electron chi connectivity index (χ2n) is 13.6. The van der Waals surface area contributed by atoms with Gasteiger partial charge in [0, 0.05) is 27.7 Å². The predicted molar refractivity (Wildman–Crippen MR) is 193 cm³/mol. The number of hydrogen-bond acceptors (Lipinski definition) is 3. The lowest BCUT2D eigenvalue weighted by Crippen LogP contribution is -2.57. The van der Waals surface area contributed by atoms with Crippen LogP contribution in [0.15, 0.2) is 126 Å². The molecule has 6 aromatic carbocycles. The Hall–Kier alpha value is -5.22. The number of hydrogen-bond donors (Lipinski definition) is 0. The Morgan fingerprint density at radius 1 is 0.489 bits per heavy atom. The minimum Gasteiger partial charge on any atom is -0.458 e. The monoisotopic (exact) mass is 610 g/mol. The summed E-state index contributed by atoms with van der Waals surface area (Å²) in [5.74, 6) is 4.24. The van der Waals surface area contributed by atoms with Gasteiger partial charge in [-0.25, -0.2) is 0 Å². The number of furan rings is 1. The van der Waals surface area contributed by atoms with Crippen LogP contribution >= 0.6 is 0 Å². The van der Waals surface area contributed by atoms with Gasteiger partial charge in [0.2, 0.25) is 0 Å². The first-order chi connectivity index (χ1) is 22.9. The SMILES string of the molecule is CC(C)c1ccc2c(c1)Oc1cc(C(c3ccccc3)c3cccc4c3oc3ccccc34)cc3c1B2c1ccc(C(C)C)cc1O3. The molecular formula is C43H35BO3. The zero-order valence-electron chi connectivity index (χ0n) is 27.1. The van der Waals surface area contributed by atoms with E-state index in [1.165, 1.54) is 27.6 Å². The van der Waals surface area contributed by atoms with Crippen LogP contribution < -0.4 is 25.9 Å². The maximum atomic E-state index is 6.89. The van der Waals surface area contributed by atoms with Crippen molar-refractivity contribution in [2.45, 2.75) is 45.4 Å². The van der Waals surface area contributed by atoms with Gasteiger partial charge in [0.25, 0.3) is 6.71 Å². The van der Waals surface area contributed by atoms with Gasteiger partial charge in [0.05, 0.1) is 0 Å². The molecule has 0 aliphatic carbocycles. The van der Waals surface area contributed by atoms with Crippen molar-refractivity contribution in [1.82, 2.24) is 0 Å². The zero-order chi connectivity index (χ0) is 31.8. The smallest absolute Gasteiger partial charge is 0.260 e. The molecule has 2 aliphatic rings.